The Bertz CT molecular complexity index is 114. The number of hydrogen-bond donors (Lipinski definition) is 0. The van der Waals surface area contributed by atoms with Crippen molar-refractivity contribution in [1.29, 1.82) is 0 Å². The highest BCUT2D eigenvalue weighted by Crippen LogP contribution is 2.00. The van der Waals surface area contributed by atoms with E-state index < -0.39 is 0 Å². The molecule has 0 heteroatoms. The first-order valence-corrected chi connectivity index (χ1v) is 5.80. The predicted octanol–water partition coefficient (Wildman–Crippen LogP) is 5.61. The SMILES string of the molecule is C=CC=C(C)C.CC.CCCC(C)C. The standard InChI is InChI=1S/C6H14.C6H10.C2H6/c2*1-4-5-6(2)3;1-2/h6H,4-5H2,1-3H3;4-5H,1H2,2-3H3;1-2H3. The lowest BCUT2D eigenvalue weighted by molar-refractivity contribution is 0.576. The summed E-state index contributed by atoms with van der Waals surface area (Å²) < 4.78 is 0. The Kier molecular flexibility index (Phi) is 25.0. The maximum atomic E-state index is 3.52. The lowest BCUT2D eigenvalue weighted by Crippen LogP contribution is -1.81. The third kappa shape index (κ3) is 42.0. The monoisotopic (exact) mass is 198 g/mol. The van der Waals surface area contributed by atoms with Crippen LogP contribution in [0.15, 0.2) is 24.3 Å². The van der Waals surface area contributed by atoms with Crippen molar-refractivity contribution < 1.29 is 0 Å². The highest BCUT2D eigenvalue weighted by molar-refractivity contribution is 5.04. The van der Waals surface area contributed by atoms with Gasteiger partial charge in [-0.1, -0.05) is 71.8 Å². The van der Waals surface area contributed by atoms with Crippen molar-refractivity contribution in [2.45, 2.75) is 61.3 Å². The van der Waals surface area contributed by atoms with Crippen LogP contribution in [0.4, 0.5) is 0 Å². The third-order valence-corrected chi connectivity index (χ3v) is 1.32. The molecule has 0 spiro atoms. The molecule has 14 heavy (non-hydrogen) atoms. The molecule has 0 atom stereocenters. The van der Waals surface area contributed by atoms with E-state index in [1.54, 1.807) is 6.08 Å². The van der Waals surface area contributed by atoms with E-state index in [-0.39, 0.29) is 0 Å². The summed E-state index contributed by atoms with van der Waals surface area (Å²) in [7, 11) is 0. The van der Waals surface area contributed by atoms with Crippen LogP contribution in [0.3, 0.4) is 0 Å². The molecule has 0 saturated carbocycles. The number of rotatable bonds is 3. The fourth-order valence-electron chi connectivity index (χ4n) is 0.813. The Labute approximate surface area is 92.1 Å². The van der Waals surface area contributed by atoms with Crippen molar-refractivity contribution >= 4 is 0 Å². The van der Waals surface area contributed by atoms with E-state index in [1.165, 1.54) is 18.4 Å². The van der Waals surface area contributed by atoms with Gasteiger partial charge in [-0.3, -0.25) is 0 Å². The van der Waals surface area contributed by atoms with E-state index in [0.29, 0.717) is 0 Å². The molecule has 0 heterocycles. The summed E-state index contributed by atoms with van der Waals surface area (Å²) in [5.74, 6) is 0.898. The minimum Gasteiger partial charge on any atom is -0.0991 e. The van der Waals surface area contributed by atoms with Gasteiger partial charge < -0.3 is 0 Å². The minimum atomic E-state index is 0.898. The summed E-state index contributed by atoms with van der Waals surface area (Å²) in [6.07, 6.45) is 6.47. The molecule has 0 N–H and O–H groups in total. The summed E-state index contributed by atoms with van der Waals surface area (Å²) in [6.45, 7) is 18.3. The van der Waals surface area contributed by atoms with Crippen LogP contribution in [0, 0.1) is 5.92 Å². The zero-order valence-corrected chi connectivity index (χ0v) is 11.4. The maximum absolute atomic E-state index is 3.52. The van der Waals surface area contributed by atoms with Gasteiger partial charge in [0.1, 0.15) is 0 Å². The van der Waals surface area contributed by atoms with Gasteiger partial charge in [-0.2, -0.15) is 0 Å². The molecule has 0 aromatic rings. The van der Waals surface area contributed by atoms with E-state index in [2.05, 4.69) is 27.4 Å². The van der Waals surface area contributed by atoms with Gasteiger partial charge in [0, 0.05) is 0 Å². The fraction of sp³-hybridized carbons (Fsp3) is 0.714. The zero-order chi connectivity index (χ0) is 12.0. The van der Waals surface area contributed by atoms with Crippen molar-refractivity contribution in [3.05, 3.63) is 24.3 Å². The molecule has 0 aliphatic rings. The van der Waals surface area contributed by atoms with Crippen molar-refractivity contribution in [1.82, 2.24) is 0 Å². The van der Waals surface area contributed by atoms with E-state index in [1.807, 2.05) is 33.8 Å². The van der Waals surface area contributed by atoms with Crippen LogP contribution in [0.2, 0.25) is 0 Å². The fourth-order valence-corrected chi connectivity index (χ4v) is 0.813. The summed E-state index contributed by atoms with van der Waals surface area (Å²) in [5.41, 5.74) is 1.30. The summed E-state index contributed by atoms with van der Waals surface area (Å²) in [4.78, 5) is 0. The van der Waals surface area contributed by atoms with Crippen LogP contribution in [0.25, 0.3) is 0 Å². The molecule has 0 radical (unpaired) electrons. The van der Waals surface area contributed by atoms with Crippen LogP contribution in [-0.2, 0) is 0 Å². The van der Waals surface area contributed by atoms with Crippen LogP contribution in [0.1, 0.15) is 61.3 Å². The minimum absolute atomic E-state index is 0.898. The molecule has 0 bridgehead atoms. The maximum Gasteiger partial charge on any atom is -0.0439 e. The van der Waals surface area contributed by atoms with E-state index in [0.717, 1.165) is 5.92 Å². The Morgan fingerprint density at radius 3 is 1.64 bits per heavy atom. The second-order valence-electron chi connectivity index (χ2n) is 3.66. The molecule has 86 valence electrons. The smallest absolute Gasteiger partial charge is 0.0439 e. The lowest BCUT2D eigenvalue weighted by atomic mass is 10.1. The van der Waals surface area contributed by atoms with Crippen molar-refractivity contribution in [3.8, 4) is 0 Å². The average Bonchev–Trinajstić information content (AvgIpc) is 2.08. The predicted molar refractivity (Wildman–Crippen MR) is 70.7 cm³/mol. The largest absolute Gasteiger partial charge is 0.0991 e. The number of hydrogen-bond acceptors (Lipinski definition) is 0. The highest BCUT2D eigenvalue weighted by atomic mass is 13.9. The Balaban J connectivity index is -0.000000147. The molecule has 0 aromatic carbocycles. The van der Waals surface area contributed by atoms with Gasteiger partial charge in [0.2, 0.25) is 0 Å². The van der Waals surface area contributed by atoms with Crippen LogP contribution in [-0.4, -0.2) is 0 Å². The van der Waals surface area contributed by atoms with Gasteiger partial charge >= 0.3 is 0 Å². The first-order valence-electron chi connectivity index (χ1n) is 5.80. The Hall–Kier alpha value is -0.520. The van der Waals surface area contributed by atoms with Gasteiger partial charge in [0.05, 0.1) is 0 Å². The molecular weight excluding hydrogens is 168 g/mol. The average molecular weight is 198 g/mol. The van der Waals surface area contributed by atoms with E-state index in [4.69, 9.17) is 0 Å². The normalized spacial score (nSPS) is 7.71. The van der Waals surface area contributed by atoms with Crippen molar-refractivity contribution in [3.63, 3.8) is 0 Å². The van der Waals surface area contributed by atoms with Gasteiger partial charge in [-0.05, 0) is 19.8 Å². The summed E-state index contributed by atoms with van der Waals surface area (Å²) in [6, 6.07) is 0. The summed E-state index contributed by atoms with van der Waals surface area (Å²) in [5, 5.41) is 0. The van der Waals surface area contributed by atoms with E-state index >= 15 is 0 Å². The first-order chi connectivity index (χ1) is 6.54. The first kappa shape index (κ1) is 19.1. The molecular formula is C14H30. The molecule has 0 fully saturated rings. The van der Waals surface area contributed by atoms with E-state index in [9.17, 15) is 0 Å². The zero-order valence-electron chi connectivity index (χ0n) is 11.4. The second-order valence-corrected chi connectivity index (χ2v) is 3.66. The molecule has 0 amide bonds. The van der Waals surface area contributed by atoms with Crippen LogP contribution in [0.5, 0.6) is 0 Å². The number of allylic oxidation sites excluding steroid dienone is 3. The molecule has 0 aromatic heterocycles. The van der Waals surface area contributed by atoms with Gasteiger partial charge in [0.25, 0.3) is 0 Å². The quantitative estimate of drug-likeness (QED) is 0.517. The van der Waals surface area contributed by atoms with Gasteiger partial charge in [0.15, 0.2) is 0 Å². The van der Waals surface area contributed by atoms with Crippen molar-refractivity contribution in [2.24, 2.45) is 5.92 Å². The third-order valence-electron chi connectivity index (χ3n) is 1.32. The second kappa shape index (κ2) is 18.3. The molecule has 0 rings (SSSR count). The lowest BCUT2D eigenvalue weighted by Gasteiger charge is -1.95. The summed E-state index contributed by atoms with van der Waals surface area (Å²) >= 11 is 0. The Morgan fingerprint density at radius 1 is 1.21 bits per heavy atom. The Morgan fingerprint density at radius 2 is 1.64 bits per heavy atom. The van der Waals surface area contributed by atoms with Crippen LogP contribution < -0.4 is 0 Å². The topological polar surface area (TPSA) is 0 Å². The molecule has 0 saturated heterocycles. The molecule has 0 nitrogen and oxygen atoms in total. The molecule has 0 unspecified atom stereocenters. The van der Waals surface area contributed by atoms with Gasteiger partial charge in [-0.15, -0.1) is 0 Å². The molecule has 0 aliphatic carbocycles. The van der Waals surface area contributed by atoms with Crippen LogP contribution >= 0.6 is 0 Å². The highest BCUT2D eigenvalue weighted by Gasteiger charge is 1.85. The molecule has 0 aliphatic heterocycles. The van der Waals surface area contributed by atoms with Gasteiger partial charge in [-0.25, -0.2) is 0 Å². The van der Waals surface area contributed by atoms with Crippen molar-refractivity contribution in [2.75, 3.05) is 0 Å².